The van der Waals surface area contributed by atoms with Gasteiger partial charge in [-0.15, -0.1) is 0 Å². The van der Waals surface area contributed by atoms with E-state index in [4.69, 9.17) is 15.6 Å². The summed E-state index contributed by atoms with van der Waals surface area (Å²) in [5.41, 5.74) is 5.98. The highest BCUT2D eigenvalue weighted by Crippen LogP contribution is 2.19. The molecule has 0 radical (unpaired) electrons. The molecule has 0 aliphatic carbocycles. The molecule has 0 heterocycles. The molecule has 0 saturated heterocycles. The monoisotopic (exact) mass is 290 g/mol. The highest BCUT2D eigenvalue weighted by Gasteiger charge is 2.14. The number of aliphatic hydroxyl groups excluding tert-OH is 1. The van der Waals surface area contributed by atoms with Crippen LogP contribution in [-0.4, -0.2) is 36.7 Å². The number of ether oxygens (including phenoxy) is 1. The smallest absolute Gasteiger partial charge is 0.251 e. The molecule has 0 aliphatic heterocycles. The molecular formula is C15H18N2O4. The average Bonchev–Trinajstić information content (AvgIpc) is 2.47. The van der Waals surface area contributed by atoms with Gasteiger partial charge in [-0.1, -0.05) is 11.8 Å². The number of carbonyl (C=O) groups excluding carboxylic acids is 2. The van der Waals surface area contributed by atoms with Crippen LogP contribution in [0.25, 0.3) is 0 Å². The van der Waals surface area contributed by atoms with Crippen molar-refractivity contribution in [2.24, 2.45) is 5.73 Å². The maximum atomic E-state index is 12.0. The molecule has 1 unspecified atom stereocenters. The zero-order chi connectivity index (χ0) is 15.8. The second kappa shape index (κ2) is 7.92. The zero-order valence-corrected chi connectivity index (χ0v) is 12.0. The number of benzene rings is 1. The number of primary amides is 1. The summed E-state index contributed by atoms with van der Waals surface area (Å²) in [6.45, 7) is 1.47. The van der Waals surface area contributed by atoms with Gasteiger partial charge in [0.2, 0.25) is 5.91 Å². The van der Waals surface area contributed by atoms with E-state index in [1.165, 1.54) is 14.0 Å². The number of aliphatic hydroxyl groups is 1. The van der Waals surface area contributed by atoms with E-state index in [1.54, 1.807) is 18.2 Å². The summed E-state index contributed by atoms with van der Waals surface area (Å²) in [6, 6.07) is 3.99. The summed E-state index contributed by atoms with van der Waals surface area (Å²) in [7, 11) is 1.50. The van der Waals surface area contributed by atoms with Gasteiger partial charge in [0.05, 0.1) is 19.3 Å². The summed E-state index contributed by atoms with van der Waals surface area (Å²) in [4.78, 5) is 22.9. The molecule has 6 heteroatoms. The number of amides is 2. The van der Waals surface area contributed by atoms with Crippen LogP contribution >= 0.6 is 0 Å². The van der Waals surface area contributed by atoms with Gasteiger partial charge in [-0.05, 0) is 25.1 Å². The number of carbonyl (C=O) groups is 2. The van der Waals surface area contributed by atoms with Gasteiger partial charge in [0.1, 0.15) is 11.8 Å². The van der Waals surface area contributed by atoms with Crippen LogP contribution in [0.4, 0.5) is 0 Å². The first kappa shape index (κ1) is 16.5. The van der Waals surface area contributed by atoms with Crippen molar-refractivity contribution in [3.05, 3.63) is 29.3 Å². The summed E-state index contributed by atoms with van der Waals surface area (Å²) in [6.07, 6.45) is 0.332. The molecule has 1 atom stereocenters. The second-order valence-electron chi connectivity index (χ2n) is 4.29. The van der Waals surface area contributed by atoms with E-state index in [1.807, 2.05) is 0 Å². The van der Waals surface area contributed by atoms with Gasteiger partial charge >= 0.3 is 0 Å². The number of rotatable bonds is 5. The Morgan fingerprint density at radius 1 is 1.48 bits per heavy atom. The fourth-order valence-corrected chi connectivity index (χ4v) is 1.51. The normalized spacial score (nSPS) is 11.0. The lowest BCUT2D eigenvalue weighted by Crippen LogP contribution is -2.42. The van der Waals surface area contributed by atoms with Crippen molar-refractivity contribution in [1.82, 2.24) is 5.32 Å². The van der Waals surface area contributed by atoms with Crippen molar-refractivity contribution in [3.8, 4) is 17.6 Å². The van der Waals surface area contributed by atoms with Crippen molar-refractivity contribution in [2.75, 3.05) is 13.7 Å². The number of nitrogens with two attached hydrogens (primary N) is 1. The SMILES string of the molecule is COc1ccc(C(=O)NC(C)C(N)=O)cc1C#CCCO. The lowest BCUT2D eigenvalue weighted by Gasteiger charge is -2.11. The predicted octanol–water partition coefficient (Wildman–Crippen LogP) is 0.0327. The Labute approximate surface area is 123 Å². The molecule has 0 saturated carbocycles. The van der Waals surface area contributed by atoms with E-state index in [2.05, 4.69) is 17.2 Å². The molecule has 0 aliphatic rings. The van der Waals surface area contributed by atoms with Gasteiger partial charge in [0.15, 0.2) is 0 Å². The minimum absolute atomic E-state index is 0.0361. The summed E-state index contributed by atoms with van der Waals surface area (Å²) in [5.74, 6) is 5.09. The maximum absolute atomic E-state index is 12.0. The van der Waals surface area contributed by atoms with Gasteiger partial charge < -0.3 is 20.9 Å². The lowest BCUT2D eigenvalue weighted by atomic mass is 10.1. The fourth-order valence-electron chi connectivity index (χ4n) is 1.51. The van der Waals surface area contributed by atoms with Crippen LogP contribution in [-0.2, 0) is 4.79 Å². The van der Waals surface area contributed by atoms with Crippen LogP contribution in [0.2, 0.25) is 0 Å². The number of nitrogens with one attached hydrogen (secondary N) is 1. The molecule has 0 fully saturated rings. The molecule has 1 aromatic carbocycles. The zero-order valence-electron chi connectivity index (χ0n) is 12.0. The predicted molar refractivity (Wildman–Crippen MR) is 77.7 cm³/mol. The Kier molecular flexibility index (Phi) is 6.24. The molecule has 21 heavy (non-hydrogen) atoms. The molecule has 0 aromatic heterocycles. The van der Waals surface area contributed by atoms with Gasteiger partial charge in [-0.25, -0.2) is 0 Å². The Balaban J connectivity index is 2.99. The van der Waals surface area contributed by atoms with Crippen molar-refractivity contribution >= 4 is 11.8 Å². The van der Waals surface area contributed by atoms with Crippen LogP contribution in [0.5, 0.6) is 5.75 Å². The van der Waals surface area contributed by atoms with Crippen LogP contribution in [0, 0.1) is 11.8 Å². The van der Waals surface area contributed by atoms with E-state index in [0.717, 1.165) is 0 Å². The summed E-state index contributed by atoms with van der Waals surface area (Å²) < 4.78 is 5.16. The molecule has 112 valence electrons. The van der Waals surface area contributed by atoms with Crippen LogP contribution < -0.4 is 15.8 Å². The molecule has 6 nitrogen and oxygen atoms in total. The minimum atomic E-state index is -0.761. The Hall–Kier alpha value is -2.52. The van der Waals surface area contributed by atoms with Crippen LogP contribution in [0.15, 0.2) is 18.2 Å². The molecule has 0 bridgehead atoms. The van der Waals surface area contributed by atoms with E-state index < -0.39 is 17.9 Å². The first-order valence-corrected chi connectivity index (χ1v) is 6.37. The molecular weight excluding hydrogens is 272 g/mol. The topological polar surface area (TPSA) is 102 Å². The first-order valence-electron chi connectivity index (χ1n) is 6.37. The highest BCUT2D eigenvalue weighted by atomic mass is 16.5. The third-order valence-electron chi connectivity index (χ3n) is 2.70. The Morgan fingerprint density at radius 2 is 2.19 bits per heavy atom. The fraction of sp³-hybridized carbons (Fsp3) is 0.333. The van der Waals surface area contributed by atoms with Crippen LogP contribution in [0.1, 0.15) is 29.3 Å². The molecule has 1 rings (SSSR count). The van der Waals surface area contributed by atoms with Gasteiger partial charge in [0.25, 0.3) is 5.91 Å². The standard InChI is InChI=1S/C15H18N2O4/c1-10(14(16)19)17-15(20)12-6-7-13(21-2)11(9-12)5-3-4-8-18/h6-7,9-10,18H,4,8H2,1-2H3,(H2,16,19)(H,17,20). The number of hydrogen-bond acceptors (Lipinski definition) is 4. The van der Waals surface area contributed by atoms with Crippen molar-refractivity contribution in [3.63, 3.8) is 0 Å². The van der Waals surface area contributed by atoms with E-state index >= 15 is 0 Å². The average molecular weight is 290 g/mol. The molecule has 0 spiro atoms. The lowest BCUT2D eigenvalue weighted by molar-refractivity contribution is -0.119. The largest absolute Gasteiger partial charge is 0.495 e. The maximum Gasteiger partial charge on any atom is 0.251 e. The number of hydrogen-bond donors (Lipinski definition) is 3. The summed E-state index contributed by atoms with van der Waals surface area (Å²) >= 11 is 0. The highest BCUT2D eigenvalue weighted by molar-refractivity contribution is 5.97. The van der Waals surface area contributed by atoms with E-state index in [-0.39, 0.29) is 6.61 Å². The second-order valence-corrected chi connectivity index (χ2v) is 4.29. The third kappa shape index (κ3) is 4.82. The van der Waals surface area contributed by atoms with Crippen molar-refractivity contribution in [2.45, 2.75) is 19.4 Å². The van der Waals surface area contributed by atoms with Crippen LogP contribution in [0.3, 0.4) is 0 Å². The minimum Gasteiger partial charge on any atom is -0.495 e. The Bertz CT molecular complexity index is 587. The quantitative estimate of drug-likeness (QED) is 0.666. The molecule has 2 amide bonds. The van der Waals surface area contributed by atoms with Crippen molar-refractivity contribution in [1.29, 1.82) is 0 Å². The molecule has 1 aromatic rings. The molecule has 4 N–H and O–H groups in total. The van der Waals surface area contributed by atoms with Gasteiger partial charge in [0, 0.05) is 12.0 Å². The van der Waals surface area contributed by atoms with E-state index in [9.17, 15) is 9.59 Å². The van der Waals surface area contributed by atoms with Crippen molar-refractivity contribution < 1.29 is 19.4 Å². The Morgan fingerprint density at radius 3 is 2.76 bits per heavy atom. The third-order valence-corrected chi connectivity index (χ3v) is 2.70. The van der Waals surface area contributed by atoms with Gasteiger partial charge in [-0.2, -0.15) is 0 Å². The van der Waals surface area contributed by atoms with E-state index in [0.29, 0.717) is 23.3 Å². The number of methoxy groups -OCH3 is 1. The summed E-state index contributed by atoms with van der Waals surface area (Å²) in [5, 5.41) is 11.2. The first-order chi connectivity index (χ1) is 9.99. The van der Waals surface area contributed by atoms with Gasteiger partial charge in [-0.3, -0.25) is 9.59 Å².